The quantitative estimate of drug-likeness (QED) is 0.160. The lowest BCUT2D eigenvalue weighted by atomic mass is 10.0. The first-order valence-electron chi connectivity index (χ1n) is 18.1. The maximum Gasteiger partial charge on any atom is 0.254 e. The second kappa shape index (κ2) is 14.4. The van der Waals surface area contributed by atoms with Gasteiger partial charge in [0, 0.05) is 18.7 Å². The molecule has 0 aliphatic carbocycles. The number of nitrogens with zero attached hydrogens (tertiary/aromatic N) is 5. The molecule has 2 amide bonds. The molecule has 2 aliphatic rings. The summed E-state index contributed by atoms with van der Waals surface area (Å²) in [5.74, 6) is 1.82. The number of likely N-dealkylation sites (tertiary alicyclic amines) is 2. The number of hydrogen-bond donors (Lipinski definition) is 2. The van der Waals surface area contributed by atoms with Crippen molar-refractivity contribution < 1.29 is 9.59 Å². The molecule has 262 valence electrons. The molecule has 8 rings (SSSR count). The van der Waals surface area contributed by atoms with E-state index in [0.29, 0.717) is 5.56 Å². The van der Waals surface area contributed by atoms with E-state index in [9.17, 15) is 9.59 Å². The maximum absolute atomic E-state index is 13.9. The molecule has 0 spiro atoms. The Kier molecular flexibility index (Phi) is 9.26. The Morgan fingerprint density at radius 1 is 0.635 bits per heavy atom. The van der Waals surface area contributed by atoms with Gasteiger partial charge in [0.1, 0.15) is 17.7 Å². The van der Waals surface area contributed by atoms with Crippen molar-refractivity contribution in [2.45, 2.75) is 43.8 Å². The zero-order chi connectivity index (χ0) is 35.6. The lowest BCUT2D eigenvalue weighted by Crippen LogP contribution is -2.40. The first-order chi connectivity index (χ1) is 25.4. The fourth-order valence-electron chi connectivity index (χ4n) is 7.80. The van der Waals surface area contributed by atoms with Gasteiger partial charge in [-0.2, -0.15) is 0 Å². The monoisotopic (exact) mass is 689 g/mol. The molecule has 4 heterocycles. The molecule has 2 fully saturated rings. The lowest BCUT2D eigenvalue weighted by molar-refractivity contribution is -0.137. The SMILES string of the molecule is CN(C)[C@@H](C(=O)N1CCC[C@H]1c1ncc(-c2ccc(-c3ccc(-c4cnc([C@@H]5CCCN5C(=O)c5ccccc5)[nH]4)cc3)cc2)[nH]1)c1ccccc1. The highest BCUT2D eigenvalue weighted by atomic mass is 16.2. The summed E-state index contributed by atoms with van der Waals surface area (Å²) in [6.45, 7) is 1.46. The van der Waals surface area contributed by atoms with E-state index < -0.39 is 0 Å². The summed E-state index contributed by atoms with van der Waals surface area (Å²) in [4.78, 5) is 49.5. The standard InChI is InChI=1S/C43H43N7O2/c1-48(2)39(33-11-5-3-6-12-33)43(52)50-26-10-16-38(50)41-45-28-36(47-41)32-23-19-30(20-24-32)29-17-21-31(22-18-29)35-27-44-40(46-35)37-15-9-25-49(37)42(51)34-13-7-4-8-14-34/h3-8,11-14,17-24,27-28,37-39H,9-10,15-16,25-26H2,1-2H3,(H,44,46)(H,45,47)/t37-,38-,39+/m0/s1. The van der Waals surface area contributed by atoms with Crippen molar-refractivity contribution in [2.24, 2.45) is 0 Å². The largest absolute Gasteiger partial charge is 0.340 e. The molecule has 4 aromatic carbocycles. The van der Waals surface area contributed by atoms with Gasteiger partial charge in [0.15, 0.2) is 0 Å². The van der Waals surface area contributed by atoms with E-state index in [1.165, 1.54) is 0 Å². The topological polar surface area (TPSA) is 101 Å². The van der Waals surface area contributed by atoms with Crippen molar-refractivity contribution in [3.05, 3.63) is 144 Å². The van der Waals surface area contributed by atoms with Gasteiger partial charge in [0.2, 0.25) is 5.91 Å². The Labute approximate surface area is 304 Å². The molecule has 2 N–H and O–H groups in total. The van der Waals surface area contributed by atoms with Gasteiger partial charge >= 0.3 is 0 Å². The molecule has 6 aromatic rings. The first kappa shape index (κ1) is 33.3. The van der Waals surface area contributed by atoms with Crippen molar-refractivity contribution in [1.29, 1.82) is 0 Å². The number of aromatic amines is 2. The number of H-pyrrole nitrogens is 2. The summed E-state index contributed by atoms with van der Waals surface area (Å²) in [6.07, 6.45) is 7.43. The van der Waals surface area contributed by atoms with Gasteiger partial charge in [-0.25, -0.2) is 9.97 Å². The zero-order valence-electron chi connectivity index (χ0n) is 29.6. The molecular weight excluding hydrogens is 647 g/mol. The van der Waals surface area contributed by atoms with E-state index in [1.54, 1.807) is 0 Å². The fraction of sp³-hybridized carbons (Fsp3) is 0.256. The molecule has 0 radical (unpaired) electrons. The van der Waals surface area contributed by atoms with Gasteiger partial charge in [-0.05, 0) is 79.7 Å². The van der Waals surface area contributed by atoms with Gasteiger partial charge < -0.3 is 19.8 Å². The molecular formula is C43H43N7O2. The van der Waals surface area contributed by atoms with Crippen LogP contribution in [-0.4, -0.2) is 73.6 Å². The Morgan fingerprint density at radius 3 is 1.62 bits per heavy atom. The number of rotatable bonds is 9. The number of carbonyl (C=O) groups is 2. The van der Waals surface area contributed by atoms with E-state index >= 15 is 0 Å². The van der Waals surface area contributed by atoms with Gasteiger partial charge in [0.05, 0.1) is 35.9 Å². The summed E-state index contributed by atoms with van der Waals surface area (Å²) >= 11 is 0. The van der Waals surface area contributed by atoms with Crippen LogP contribution in [0.25, 0.3) is 33.6 Å². The van der Waals surface area contributed by atoms with Crippen LogP contribution in [0.3, 0.4) is 0 Å². The normalized spacial score (nSPS) is 17.9. The predicted octanol–water partition coefficient (Wildman–Crippen LogP) is 8.08. The van der Waals surface area contributed by atoms with Crippen molar-refractivity contribution in [3.8, 4) is 33.6 Å². The number of likely N-dealkylation sites (N-methyl/N-ethyl adjacent to an activating group) is 1. The van der Waals surface area contributed by atoms with Crippen LogP contribution in [0.2, 0.25) is 0 Å². The maximum atomic E-state index is 13.9. The highest BCUT2D eigenvalue weighted by molar-refractivity contribution is 5.94. The lowest BCUT2D eigenvalue weighted by Gasteiger charge is -2.31. The van der Waals surface area contributed by atoms with Crippen LogP contribution in [0, 0.1) is 0 Å². The Morgan fingerprint density at radius 2 is 1.10 bits per heavy atom. The molecule has 9 nitrogen and oxygen atoms in total. The second-order valence-electron chi connectivity index (χ2n) is 14.0. The zero-order valence-corrected chi connectivity index (χ0v) is 29.6. The predicted molar refractivity (Wildman–Crippen MR) is 203 cm³/mol. The van der Waals surface area contributed by atoms with Crippen LogP contribution in [-0.2, 0) is 4.79 Å². The van der Waals surface area contributed by atoms with Gasteiger partial charge in [-0.3, -0.25) is 14.5 Å². The minimum Gasteiger partial charge on any atom is -0.340 e. The molecule has 52 heavy (non-hydrogen) atoms. The molecule has 3 atom stereocenters. The van der Waals surface area contributed by atoms with E-state index in [0.717, 1.165) is 89.6 Å². The van der Waals surface area contributed by atoms with Gasteiger partial charge in [-0.1, -0.05) is 97.1 Å². The van der Waals surface area contributed by atoms with E-state index in [4.69, 9.17) is 9.97 Å². The van der Waals surface area contributed by atoms with Crippen LogP contribution in [0.15, 0.2) is 122 Å². The number of amides is 2. The summed E-state index contributed by atoms with van der Waals surface area (Å²) < 4.78 is 0. The third-order valence-corrected chi connectivity index (χ3v) is 10.5. The summed E-state index contributed by atoms with van der Waals surface area (Å²) in [5, 5.41) is 0. The Hall–Kier alpha value is -5.80. The number of imidazole rings is 2. The number of nitrogens with one attached hydrogen (secondary N) is 2. The minimum absolute atomic E-state index is 0.0502. The minimum atomic E-state index is -0.338. The highest BCUT2D eigenvalue weighted by Crippen LogP contribution is 2.36. The molecule has 9 heteroatoms. The molecule has 0 bridgehead atoms. The molecule has 2 aromatic heterocycles. The fourth-order valence-corrected chi connectivity index (χ4v) is 7.80. The summed E-state index contributed by atoms with van der Waals surface area (Å²) in [5.41, 5.74) is 7.90. The number of hydrogen-bond acceptors (Lipinski definition) is 5. The van der Waals surface area contributed by atoms with Crippen LogP contribution < -0.4 is 0 Å². The number of aromatic nitrogens is 4. The smallest absolute Gasteiger partial charge is 0.254 e. The third kappa shape index (κ3) is 6.55. The van der Waals surface area contributed by atoms with E-state index in [1.807, 2.05) is 102 Å². The summed E-state index contributed by atoms with van der Waals surface area (Å²) in [7, 11) is 3.92. The summed E-state index contributed by atoms with van der Waals surface area (Å²) in [6, 6.07) is 35.9. The number of benzene rings is 4. The highest BCUT2D eigenvalue weighted by Gasteiger charge is 2.37. The average molecular weight is 690 g/mol. The van der Waals surface area contributed by atoms with Crippen LogP contribution in [0.1, 0.15) is 71.4 Å². The first-order valence-corrected chi connectivity index (χ1v) is 18.1. The van der Waals surface area contributed by atoms with E-state index in [2.05, 4.69) is 58.5 Å². The van der Waals surface area contributed by atoms with Crippen LogP contribution in [0.4, 0.5) is 0 Å². The Bertz CT molecular complexity index is 2140. The van der Waals surface area contributed by atoms with Crippen molar-refractivity contribution in [3.63, 3.8) is 0 Å². The van der Waals surface area contributed by atoms with Gasteiger partial charge in [-0.15, -0.1) is 0 Å². The molecule has 0 saturated carbocycles. The van der Waals surface area contributed by atoms with Crippen LogP contribution >= 0.6 is 0 Å². The van der Waals surface area contributed by atoms with Gasteiger partial charge in [0.25, 0.3) is 5.91 Å². The van der Waals surface area contributed by atoms with Crippen molar-refractivity contribution in [1.82, 2.24) is 34.6 Å². The molecule has 0 unspecified atom stereocenters. The third-order valence-electron chi connectivity index (χ3n) is 10.5. The second-order valence-corrected chi connectivity index (χ2v) is 14.0. The van der Waals surface area contributed by atoms with E-state index in [-0.39, 0.29) is 29.9 Å². The van der Waals surface area contributed by atoms with Crippen LogP contribution in [0.5, 0.6) is 0 Å². The number of carbonyl (C=O) groups excluding carboxylic acids is 2. The molecule has 2 aliphatic heterocycles. The average Bonchev–Trinajstić information content (AvgIpc) is 4.02. The molecule has 2 saturated heterocycles. The van der Waals surface area contributed by atoms with Crippen molar-refractivity contribution >= 4 is 11.8 Å². The Balaban J connectivity index is 0.934. The van der Waals surface area contributed by atoms with Crippen molar-refractivity contribution in [2.75, 3.05) is 27.2 Å².